The largest absolute Gasteiger partial charge is 0.480 e. The predicted octanol–water partition coefficient (Wildman–Crippen LogP) is 2.47. The second kappa shape index (κ2) is 24.7. The first-order chi connectivity index (χ1) is 29.7. The first-order valence-corrected chi connectivity index (χ1v) is 20.0. The molecule has 20 nitrogen and oxygen atoms in total. The minimum absolute atomic E-state index is 0.0726. The van der Waals surface area contributed by atoms with Gasteiger partial charge in [-0.1, -0.05) is 12.8 Å². The van der Waals surface area contributed by atoms with E-state index in [0.717, 1.165) is 19.3 Å². The third kappa shape index (κ3) is 17.2. The molecular weight excluding hydrogens is 809 g/mol. The number of rotatable bonds is 29. The number of carboxylic acid groups (broad SMARTS) is 4. The Bertz CT molecular complexity index is 1940. The molecule has 62 heavy (non-hydrogen) atoms. The maximum absolute atomic E-state index is 12.3. The molecule has 4 aromatic rings. The van der Waals surface area contributed by atoms with Gasteiger partial charge in [0.1, 0.15) is 11.5 Å². The van der Waals surface area contributed by atoms with Crippen LogP contribution in [0.2, 0.25) is 0 Å². The number of pyridine rings is 2. The van der Waals surface area contributed by atoms with E-state index in [1.807, 2.05) is 12.1 Å². The zero-order valence-electron chi connectivity index (χ0n) is 34.5. The van der Waals surface area contributed by atoms with Crippen LogP contribution in [0.25, 0.3) is 22.6 Å². The molecule has 4 heterocycles. The van der Waals surface area contributed by atoms with Crippen LogP contribution >= 0.6 is 0 Å². The summed E-state index contributed by atoms with van der Waals surface area (Å²) in [6, 6.07) is 13.3. The van der Waals surface area contributed by atoms with Crippen LogP contribution in [-0.2, 0) is 54.9 Å². The monoisotopic (exact) mass is 862 g/mol. The van der Waals surface area contributed by atoms with Gasteiger partial charge in [-0.2, -0.15) is 0 Å². The standard InChI is InChI=1S/C42H54N8O12/c1-44-42(60)34(43)10-11-37(51)45-12-4-2-3-5-13-48(20-30-16-28(35-8-6-14-61-35)18-32(46-30)22-49(24-38(52)53)25-39(54)55)21-31-17-29(36-9-7-15-62-36)19-33(47-31)23-50(26-40(56)57)27-41(58)59/h6-9,14-19,34H,2-5,10-13,20-27,43H2,1H3,(H,44,60)(H,45,51)(H,52,53)(H,54,55)(H,56,57)(H,58,59). The number of unbranched alkanes of at least 4 members (excludes halogenated alkanes) is 3. The van der Waals surface area contributed by atoms with Gasteiger partial charge in [0, 0.05) is 57.3 Å². The molecule has 20 heteroatoms. The molecule has 0 spiro atoms. The Kier molecular flexibility index (Phi) is 19.2. The van der Waals surface area contributed by atoms with Crippen molar-refractivity contribution in [1.29, 1.82) is 0 Å². The number of carbonyl (C=O) groups excluding carboxylic acids is 2. The fourth-order valence-electron chi connectivity index (χ4n) is 6.76. The van der Waals surface area contributed by atoms with E-state index in [0.29, 0.717) is 64.9 Å². The number of nitrogens with one attached hydrogen (secondary N) is 2. The van der Waals surface area contributed by atoms with Gasteiger partial charge in [0.05, 0.1) is 67.5 Å². The summed E-state index contributed by atoms with van der Waals surface area (Å²) < 4.78 is 11.4. The predicted molar refractivity (Wildman–Crippen MR) is 222 cm³/mol. The Balaban J connectivity index is 1.59. The molecule has 4 aromatic heterocycles. The molecule has 0 aliphatic carbocycles. The van der Waals surface area contributed by atoms with Crippen molar-refractivity contribution in [1.82, 2.24) is 35.3 Å². The van der Waals surface area contributed by atoms with Crippen LogP contribution in [-0.4, -0.2) is 133 Å². The third-order valence-electron chi connectivity index (χ3n) is 9.44. The van der Waals surface area contributed by atoms with Crippen LogP contribution in [0.15, 0.2) is 69.9 Å². The molecule has 1 atom stereocenters. The van der Waals surface area contributed by atoms with Gasteiger partial charge in [-0.3, -0.25) is 53.4 Å². The molecule has 0 bridgehead atoms. The third-order valence-corrected chi connectivity index (χ3v) is 9.44. The minimum Gasteiger partial charge on any atom is -0.480 e. The van der Waals surface area contributed by atoms with Crippen LogP contribution in [0.1, 0.15) is 61.3 Å². The van der Waals surface area contributed by atoms with E-state index in [9.17, 15) is 49.2 Å². The van der Waals surface area contributed by atoms with E-state index in [4.69, 9.17) is 24.5 Å². The van der Waals surface area contributed by atoms with Crippen molar-refractivity contribution in [3.05, 3.63) is 83.8 Å². The number of carboxylic acids is 4. The number of furan rings is 2. The number of nitrogens with zero attached hydrogens (tertiary/aromatic N) is 5. The number of aliphatic carboxylic acids is 4. The highest BCUT2D eigenvalue weighted by molar-refractivity contribution is 5.82. The van der Waals surface area contributed by atoms with E-state index >= 15 is 0 Å². The van der Waals surface area contributed by atoms with Crippen molar-refractivity contribution in [3.8, 4) is 22.6 Å². The topological polar surface area (TPSA) is 295 Å². The number of carbonyl (C=O) groups is 6. The molecule has 0 radical (unpaired) electrons. The van der Waals surface area contributed by atoms with E-state index < -0.39 is 56.1 Å². The Morgan fingerprint density at radius 3 is 1.45 bits per heavy atom. The lowest BCUT2D eigenvalue weighted by atomic mass is 10.1. The van der Waals surface area contributed by atoms with Crippen LogP contribution in [0.5, 0.6) is 0 Å². The quantitative estimate of drug-likeness (QED) is 0.0386. The molecule has 0 saturated heterocycles. The summed E-state index contributed by atoms with van der Waals surface area (Å²) in [6.07, 6.45) is 6.42. The number of likely N-dealkylation sites (N-methyl/N-ethyl adjacent to an activating group) is 1. The molecule has 0 aliphatic heterocycles. The van der Waals surface area contributed by atoms with Gasteiger partial charge < -0.3 is 45.6 Å². The fraction of sp³-hybridized carbons (Fsp3) is 0.429. The van der Waals surface area contributed by atoms with E-state index in [1.165, 1.54) is 29.4 Å². The molecule has 8 N–H and O–H groups in total. The maximum Gasteiger partial charge on any atom is 0.317 e. The number of hydrogen-bond acceptors (Lipinski definition) is 14. The maximum atomic E-state index is 12.3. The Hall–Kier alpha value is -6.48. The van der Waals surface area contributed by atoms with Gasteiger partial charge in [-0.25, -0.2) is 0 Å². The summed E-state index contributed by atoms with van der Waals surface area (Å²) in [4.78, 5) is 84.7. The second-order valence-electron chi connectivity index (χ2n) is 14.7. The fourth-order valence-corrected chi connectivity index (χ4v) is 6.76. The van der Waals surface area contributed by atoms with E-state index in [-0.39, 0.29) is 50.8 Å². The molecule has 2 amide bonds. The number of amides is 2. The Morgan fingerprint density at radius 2 is 1.06 bits per heavy atom. The summed E-state index contributed by atoms with van der Waals surface area (Å²) in [5, 5.41) is 43.2. The Labute approximate surface area is 357 Å². The zero-order valence-corrected chi connectivity index (χ0v) is 34.5. The highest BCUT2D eigenvalue weighted by Gasteiger charge is 2.20. The lowest BCUT2D eigenvalue weighted by Crippen LogP contribution is -2.39. The SMILES string of the molecule is CNC(=O)C(N)CCC(=O)NCCCCCCN(Cc1cc(-c2ccco2)cc(CN(CC(=O)O)CC(=O)O)n1)Cc1cc(-c2ccco2)cc(CN(CC(=O)O)CC(=O)O)n1. The average Bonchev–Trinajstić information content (AvgIpc) is 3.94. The van der Waals surface area contributed by atoms with Gasteiger partial charge >= 0.3 is 23.9 Å². The van der Waals surface area contributed by atoms with Crippen LogP contribution in [0, 0.1) is 0 Å². The average molecular weight is 863 g/mol. The number of aromatic nitrogens is 2. The van der Waals surface area contributed by atoms with Crippen molar-refractivity contribution >= 4 is 35.7 Å². The van der Waals surface area contributed by atoms with Gasteiger partial charge in [-0.15, -0.1) is 0 Å². The van der Waals surface area contributed by atoms with Crippen molar-refractivity contribution < 1.29 is 58.0 Å². The summed E-state index contributed by atoms with van der Waals surface area (Å²) in [7, 11) is 1.49. The van der Waals surface area contributed by atoms with Gasteiger partial charge in [0.25, 0.3) is 0 Å². The summed E-state index contributed by atoms with van der Waals surface area (Å²) in [5.41, 5.74) is 9.09. The molecule has 0 fully saturated rings. The summed E-state index contributed by atoms with van der Waals surface area (Å²) in [5.74, 6) is -4.24. The smallest absolute Gasteiger partial charge is 0.317 e. The number of nitrogens with two attached hydrogens (primary N) is 1. The second-order valence-corrected chi connectivity index (χ2v) is 14.7. The number of hydrogen-bond donors (Lipinski definition) is 7. The molecule has 0 aliphatic rings. The molecular formula is C42H54N8O12. The molecule has 4 rings (SSSR count). The molecule has 334 valence electrons. The van der Waals surface area contributed by atoms with Crippen molar-refractivity contribution in [2.75, 3.05) is 46.3 Å². The lowest BCUT2D eigenvalue weighted by molar-refractivity contribution is -0.144. The first kappa shape index (κ1) is 48.2. The highest BCUT2D eigenvalue weighted by Crippen LogP contribution is 2.26. The summed E-state index contributed by atoms with van der Waals surface area (Å²) >= 11 is 0. The van der Waals surface area contributed by atoms with Crippen LogP contribution in [0.4, 0.5) is 0 Å². The molecule has 0 aromatic carbocycles. The lowest BCUT2D eigenvalue weighted by Gasteiger charge is -2.24. The van der Waals surface area contributed by atoms with Crippen molar-refractivity contribution in [2.24, 2.45) is 5.73 Å². The van der Waals surface area contributed by atoms with Crippen LogP contribution in [0.3, 0.4) is 0 Å². The molecule has 0 saturated carbocycles. The van der Waals surface area contributed by atoms with E-state index in [2.05, 4.69) is 15.5 Å². The van der Waals surface area contributed by atoms with Gasteiger partial charge in [0.2, 0.25) is 11.8 Å². The van der Waals surface area contributed by atoms with Crippen LogP contribution < -0.4 is 16.4 Å². The van der Waals surface area contributed by atoms with Gasteiger partial charge in [0.15, 0.2) is 0 Å². The minimum atomic E-state index is -1.19. The molecule has 1 unspecified atom stereocenters. The van der Waals surface area contributed by atoms with Crippen molar-refractivity contribution in [2.45, 2.75) is 70.7 Å². The summed E-state index contributed by atoms with van der Waals surface area (Å²) in [6.45, 7) is -0.704. The van der Waals surface area contributed by atoms with E-state index in [1.54, 1.807) is 36.4 Å². The zero-order chi connectivity index (χ0) is 45.0. The van der Waals surface area contributed by atoms with Gasteiger partial charge in [-0.05, 0) is 74.3 Å². The Morgan fingerprint density at radius 1 is 0.645 bits per heavy atom. The van der Waals surface area contributed by atoms with Crippen molar-refractivity contribution in [3.63, 3.8) is 0 Å². The first-order valence-electron chi connectivity index (χ1n) is 20.0. The normalized spacial score (nSPS) is 11.8. The highest BCUT2D eigenvalue weighted by atomic mass is 16.4.